The highest BCUT2D eigenvalue weighted by molar-refractivity contribution is 6.30. The lowest BCUT2D eigenvalue weighted by molar-refractivity contribution is 0.0692. The van der Waals surface area contributed by atoms with E-state index in [2.05, 4.69) is 23.0 Å². The van der Waals surface area contributed by atoms with Crippen LogP contribution in [-0.4, -0.2) is 124 Å². The van der Waals surface area contributed by atoms with Crippen LogP contribution in [0.5, 0.6) is 11.5 Å². The summed E-state index contributed by atoms with van der Waals surface area (Å²) in [5.74, 6) is 3.88. The lowest BCUT2D eigenvalue weighted by Crippen LogP contribution is -2.43. The number of nitrogens with zero attached hydrogens (tertiary/aromatic N) is 5. The van der Waals surface area contributed by atoms with Gasteiger partial charge in [0, 0.05) is 88.3 Å². The molecule has 0 bridgehead atoms. The summed E-state index contributed by atoms with van der Waals surface area (Å²) in [6.07, 6.45) is 14.7. The first-order chi connectivity index (χ1) is 41.4. The molecule has 88 heavy (non-hydrogen) atoms. The summed E-state index contributed by atoms with van der Waals surface area (Å²) in [6, 6.07) is 34.3. The van der Waals surface area contributed by atoms with Crippen LogP contribution in [0.2, 0.25) is 5.15 Å². The van der Waals surface area contributed by atoms with E-state index in [0.29, 0.717) is 80.2 Å². The summed E-state index contributed by atoms with van der Waals surface area (Å²) in [5.41, 5.74) is 4.59. The Labute approximate surface area is 528 Å². The number of amides is 2. The van der Waals surface area contributed by atoms with E-state index in [1.54, 1.807) is 56.4 Å². The highest BCUT2D eigenvalue weighted by atomic mass is 35.5. The van der Waals surface area contributed by atoms with Gasteiger partial charge in [-0.2, -0.15) is 0 Å². The maximum atomic E-state index is 13.8. The van der Waals surface area contributed by atoms with Gasteiger partial charge in [-0.05, 0) is 141 Å². The number of rotatable bonds is 21. The number of fused-ring (bicyclic) bond motifs is 2. The molecule has 3 saturated heterocycles. The molecule has 0 radical (unpaired) electrons. The van der Waals surface area contributed by atoms with Crippen LogP contribution in [0.3, 0.4) is 0 Å². The fraction of sp³-hybridized carbons (Fsp3) is 0.472. The summed E-state index contributed by atoms with van der Waals surface area (Å²) in [5, 5.41) is 1.83. The van der Waals surface area contributed by atoms with Crippen molar-refractivity contribution in [2.45, 2.75) is 119 Å². The van der Waals surface area contributed by atoms with Gasteiger partial charge in [-0.25, -0.2) is 19.6 Å². The number of anilines is 1. The Morgan fingerprint density at radius 1 is 0.568 bits per heavy atom. The molecular weight excluding hydrogens is 1130 g/mol. The minimum Gasteiger partial charge on any atom is -0.497 e. The number of aromatic nitrogens is 2. The smallest absolute Gasteiger partial charge is 0.410 e. The number of pyridine rings is 2. The largest absolute Gasteiger partial charge is 0.497 e. The van der Waals surface area contributed by atoms with Crippen LogP contribution in [0.1, 0.15) is 131 Å². The summed E-state index contributed by atoms with van der Waals surface area (Å²) < 4.78 is 32.3. The number of ketones is 2. The molecule has 3 aliphatic heterocycles. The van der Waals surface area contributed by atoms with Gasteiger partial charge in [-0.15, -0.1) is 13.2 Å². The molecule has 5 heterocycles. The van der Waals surface area contributed by atoms with Crippen LogP contribution in [0.25, 0.3) is 21.8 Å². The number of benzene rings is 4. The topological polar surface area (TPSA) is 159 Å². The number of halogens is 1. The number of carbonyl (C=O) groups excluding carboxylic acids is 4. The van der Waals surface area contributed by atoms with Crippen molar-refractivity contribution in [2.24, 2.45) is 29.6 Å². The first-order valence-corrected chi connectivity index (χ1v) is 30.4. The molecule has 1 saturated carbocycles. The van der Waals surface area contributed by atoms with Gasteiger partial charge in [0.1, 0.15) is 35.7 Å². The fourth-order valence-electron chi connectivity index (χ4n) is 12.3. The minimum atomic E-state index is -0.318. The lowest BCUT2D eigenvalue weighted by Gasteiger charge is -2.36. The predicted octanol–water partition coefficient (Wildman–Crippen LogP) is 16.3. The molecule has 0 N–H and O–H groups in total. The van der Waals surface area contributed by atoms with Crippen molar-refractivity contribution in [3.8, 4) is 11.5 Å². The second-order valence-corrected chi connectivity index (χ2v) is 23.0. The summed E-state index contributed by atoms with van der Waals surface area (Å²) in [4.78, 5) is 67.4. The average Bonchev–Trinajstić information content (AvgIpc) is 2.36. The van der Waals surface area contributed by atoms with Crippen molar-refractivity contribution < 1.29 is 47.6 Å². The number of methoxy groups -OCH3 is 4. The van der Waals surface area contributed by atoms with Crippen molar-refractivity contribution in [1.82, 2.24) is 19.8 Å². The molecular formula is C72H96ClN5O10. The zero-order valence-electron chi connectivity index (χ0n) is 50.0. The SMILES string of the molecule is C.C.C.C=C[C@H]1CN(C(=O)OCc2ccccc2)CC[C@H]1CCC(=O)c1cc(Cl)nc2ccc(OC)cc12.C=C[C@H]1CN(C(=O)OCc2ccccc2)CC[C@H]1CCC(=O)c1cc(N2CCC[C@H]2COC)nc2ccc(OC)cc12.COCC1CCCC1. The molecule has 4 fully saturated rings. The van der Waals surface area contributed by atoms with Crippen molar-refractivity contribution in [1.29, 1.82) is 0 Å². The first-order valence-electron chi connectivity index (χ1n) is 30.0. The van der Waals surface area contributed by atoms with Crippen LogP contribution in [0.15, 0.2) is 135 Å². The zero-order valence-corrected chi connectivity index (χ0v) is 50.7. The predicted molar refractivity (Wildman–Crippen MR) is 355 cm³/mol. The number of piperidine rings is 2. The molecule has 0 spiro atoms. The van der Waals surface area contributed by atoms with Crippen LogP contribution in [-0.2, 0) is 32.2 Å². The van der Waals surface area contributed by atoms with E-state index in [4.69, 9.17) is 45.0 Å². The molecule has 10 rings (SSSR count). The van der Waals surface area contributed by atoms with E-state index in [-0.39, 0.29) is 94.1 Å². The lowest BCUT2D eigenvalue weighted by atomic mass is 9.81. The van der Waals surface area contributed by atoms with E-state index in [0.717, 1.165) is 84.4 Å². The van der Waals surface area contributed by atoms with Gasteiger partial charge in [0.2, 0.25) is 0 Å². The van der Waals surface area contributed by atoms with E-state index in [9.17, 15) is 19.2 Å². The minimum absolute atomic E-state index is 0. The third kappa shape index (κ3) is 19.6. The fourth-order valence-corrected chi connectivity index (χ4v) is 12.5. The second-order valence-electron chi connectivity index (χ2n) is 22.6. The second kappa shape index (κ2) is 36.2. The maximum absolute atomic E-state index is 13.8. The Bertz CT molecular complexity index is 3180. The van der Waals surface area contributed by atoms with Crippen molar-refractivity contribution in [2.75, 3.05) is 79.3 Å². The van der Waals surface area contributed by atoms with Crippen LogP contribution in [0, 0.1) is 29.6 Å². The molecule has 5 atom stereocenters. The zero-order chi connectivity index (χ0) is 60.1. The normalized spacial score (nSPS) is 18.8. The number of ether oxygens (including phenoxy) is 6. The Kier molecular flexibility index (Phi) is 29.4. The molecule has 476 valence electrons. The molecule has 0 unspecified atom stereocenters. The van der Waals surface area contributed by atoms with Gasteiger partial charge in [0.15, 0.2) is 11.6 Å². The third-order valence-corrected chi connectivity index (χ3v) is 17.3. The molecule has 2 aromatic heterocycles. The van der Waals surface area contributed by atoms with Crippen molar-refractivity contribution in [3.63, 3.8) is 0 Å². The third-order valence-electron chi connectivity index (χ3n) is 17.1. The molecule has 16 heteroatoms. The number of hydrogen-bond acceptors (Lipinski definition) is 13. The summed E-state index contributed by atoms with van der Waals surface area (Å²) >= 11 is 6.19. The van der Waals surface area contributed by atoms with Crippen molar-refractivity contribution in [3.05, 3.63) is 162 Å². The Hall–Kier alpha value is -7.33. The van der Waals surface area contributed by atoms with Crippen LogP contribution >= 0.6 is 11.6 Å². The maximum Gasteiger partial charge on any atom is 0.410 e. The number of likely N-dealkylation sites (tertiary alicyclic amines) is 2. The Balaban J connectivity index is 0.000000279. The highest BCUT2D eigenvalue weighted by Crippen LogP contribution is 2.36. The molecule has 4 aromatic carbocycles. The van der Waals surface area contributed by atoms with E-state index >= 15 is 0 Å². The van der Waals surface area contributed by atoms with Gasteiger partial charge in [0.25, 0.3) is 0 Å². The molecule has 15 nitrogen and oxygen atoms in total. The quantitative estimate of drug-likeness (QED) is 0.0381. The first kappa shape index (κ1) is 71.4. The monoisotopic (exact) mass is 1230 g/mol. The number of carbonyl (C=O) groups is 4. The van der Waals surface area contributed by atoms with Crippen LogP contribution in [0.4, 0.5) is 15.4 Å². The van der Waals surface area contributed by atoms with E-state index in [1.165, 1.54) is 25.7 Å². The van der Waals surface area contributed by atoms with E-state index in [1.807, 2.05) is 103 Å². The van der Waals surface area contributed by atoms with Gasteiger partial charge in [0.05, 0.1) is 37.9 Å². The molecule has 2 amide bonds. The molecule has 1 aliphatic carbocycles. The van der Waals surface area contributed by atoms with Gasteiger partial charge >= 0.3 is 12.2 Å². The van der Waals surface area contributed by atoms with Gasteiger partial charge < -0.3 is 43.1 Å². The Morgan fingerprint density at radius 3 is 1.51 bits per heavy atom. The van der Waals surface area contributed by atoms with Gasteiger partial charge in [-0.1, -0.05) is 120 Å². The molecule has 4 aliphatic rings. The van der Waals surface area contributed by atoms with Crippen molar-refractivity contribution >= 4 is 63.0 Å². The average molecular weight is 1230 g/mol. The van der Waals surface area contributed by atoms with Crippen LogP contribution < -0.4 is 14.4 Å². The standard InChI is InChI=1S/C34H41N3O5.C28H29ClN2O4.C7H14O.3CH4/c1-4-25-21-36(34(39)42-22-24-9-6-5-7-10-24)18-16-26(25)12-15-32(38)30-20-33(37-17-8-11-27(37)23-40-2)35-31-14-13-28(41-3)19-29(30)31;1-3-20-17-31(28(33)35-18-19-7-5-4-6-8-19)14-13-21(20)9-12-26(32)24-16-27(29)30-25-11-10-22(34-2)15-23(24)25;1-8-6-7-4-2-3-5-7;;;/h4-7,9-10,13-14,19-20,25-27H,1,8,11-12,15-18,21-23H2,2-3H3;3-8,10-11,15-16,20-21H,1,9,12-14,17-18H2,2H3;7H,2-6H2,1H3;3*1H4/t25-,26+,27-;20-,21+;;;;/m00..../s1. The number of Topliss-reactive ketones (excluding diaryl/α,β-unsaturated/α-hetero) is 2. The van der Waals surface area contributed by atoms with Gasteiger partial charge in [-0.3, -0.25) is 9.59 Å². The Morgan fingerprint density at radius 2 is 1.05 bits per heavy atom. The number of hydrogen-bond donors (Lipinski definition) is 0. The summed E-state index contributed by atoms with van der Waals surface area (Å²) in [7, 11) is 6.73. The highest BCUT2D eigenvalue weighted by Gasteiger charge is 2.34. The molecule has 6 aromatic rings. The summed E-state index contributed by atoms with van der Waals surface area (Å²) in [6.45, 7) is 13.3. The van der Waals surface area contributed by atoms with E-state index < -0.39 is 0 Å².